The van der Waals surface area contributed by atoms with Gasteiger partial charge < -0.3 is 4.90 Å². The summed E-state index contributed by atoms with van der Waals surface area (Å²) in [4.78, 5) is 11.3. The summed E-state index contributed by atoms with van der Waals surface area (Å²) in [6.07, 6.45) is 0. The van der Waals surface area contributed by atoms with E-state index in [2.05, 4.69) is 113 Å². The number of halogens is 5. The molecule has 6 nitrogen and oxygen atoms in total. The molecule has 0 N–H and O–H groups in total. The molecular weight excluding hydrogens is 945 g/mol. The van der Waals surface area contributed by atoms with Crippen molar-refractivity contribution in [3.05, 3.63) is 0 Å². The molecule has 0 aromatic heterocycles. The summed E-state index contributed by atoms with van der Waals surface area (Å²) in [6.45, 7) is 1.53. The molecule has 0 fully saturated rings. The van der Waals surface area contributed by atoms with Gasteiger partial charge in [-0.1, -0.05) is 0 Å². The summed E-state index contributed by atoms with van der Waals surface area (Å²) in [7, 11) is 4.69. The predicted octanol–water partition coefficient (Wildman–Crippen LogP) is 5.55. The Kier molecular flexibility index (Phi) is 38.4. The fourth-order valence-corrected chi connectivity index (χ4v) is 0.671. The van der Waals surface area contributed by atoms with Crippen LogP contribution in [0.4, 0.5) is 0 Å². The van der Waals surface area contributed by atoms with Gasteiger partial charge in [0.25, 0.3) is 0 Å². The van der Waals surface area contributed by atoms with Gasteiger partial charge in [0.05, 0.1) is 0 Å². The van der Waals surface area contributed by atoms with Crippen LogP contribution in [-0.4, -0.2) is 46.2 Å². The molecule has 1 amide bonds. The molecule has 0 saturated carbocycles. The summed E-state index contributed by atoms with van der Waals surface area (Å²) in [5, 5.41) is 0. The van der Waals surface area contributed by atoms with Crippen LogP contribution < -0.4 is 0 Å². The molecule has 0 aromatic carbocycles. The molecular formula is C7H18I5NO5PV2. The number of hydrogen-bond donors (Lipinski definition) is 0. The first-order valence-electron chi connectivity index (χ1n) is 4.62. The number of hydrogen-bond acceptors (Lipinski definition) is 5. The standard InChI is InChI=1S/C4H9NO.C3H9O4P.5HI.2V/c1-4(6)5(2)3;1-5-8(4,6-2)7-3;;;;;;;/h1-3H3;1-3H3;5*1H;;/q;;;;;;;+2;+3/p-5. The van der Waals surface area contributed by atoms with Gasteiger partial charge in [-0.25, -0.2) is 4.57 Å². The van der Waals surface area contributed by atoms with E-state index in [1.165, 1.54) is 33.2 Å². The molecule has 0 aliphatic heterocycles. The minimum atomic E-state index is -3.16. The monoisotopic (exact) mass is 964 g/mol. The first kappa shape index (κ1) is 33.0. The van der Waals surface area contributed by atoms with Crippen molar-refractivity contribution >= 4 is 114 Å². The Bertz CT molecular complexity index is 256. The average molecular weight is 964 g/mol. The average Bonchev–Trinajstić information content (AvgIpc) is 2.38. The summed E-state index contributed by atoms with van der Waals surface area (Å²) >= 11 is 12.1. The van der Waals surface area contributed by atoms with Crippen molar-refractivity contribution in [2.24, 2.45) is 0 Å². The van der Waals surface area contributed by atoms with Crippen LogP contribution in [0.25, 0.3) is 0 Å². The molecule has 0 radical (unpaired) electrons. The summed E-state index contributed by atoms with van der Waals surface area (Å²) < 4.78 is 23.7. The van der Waals surface area contributed by atoms with Gasteiger partial charge in [-0.15, -0.1) is 0 Å². The van der Waals surface area contributed by atoms with Gasteiger partial charge in [-0.2, -0.15) is 0 Å². The van der Waals surface area contributed by atoms with E-state index in [1.807, 2.05) is 0 Å². The SMILES string of the molecule is CC(=O)N(C)C.COP(=O)(OC)OC.[I][V]([I])[I].[I][V][I]. The number of carbonyl (C=O) groups is 1. The zero-order valence-corrected chi connectivity index (χ0v) is 26.7. The molecule has 0 aromatic rings. The number of carbonyl (C=O) groups excluding carboxylic acids is 1. The molecule has 0 bridgehead atoms. The van der Waals surface area contributed by atoms with Crippen molar-refractivity contribution in [2.45, 2.75) is 6.92 Å². The van der Waals surface area contributed by atoms with Crippen LogP contribution in [0, 0.1) is 0 Å². The van der Waals surface area contributed by atoms with Crippen LogP contribution in [0.2, 0.25) is 0 Å². The summed E-state index contributed by atoms with van der Waals surface area (Å²) in [5.74, 6) is 0.0926. The van der Waals surface area contributed by atoms with Gasteiger partial charge in [0.2, 0.25) is 5.91 Å². The van der Waals surface area contributed by atoms with Crippen LogP contribution in [-0.2, 0) is 37.3 Å². The minimum absolute atomic E-state index is 0.0926. The fourth-order valence-electron chi connectivity index (χ4n) is 0.224. The molecule has 14 heteroatoms. The molecule has 0 atom stereocenters. The normalized spacial score (nSPS) is 9.14. The number of rotatable bonds is 3. The number of nitrogens with zero attached hydrogens (tertiary/aromatic N) is 1. The Balaban J connectivity index is -0.0000000985. The third-order valence-corrected chi connectivity index (χ3v) is 2.64. The van der Waals surface area contributed by atoms with Crippen molar-refractivity contribution < 1.29 is 37.3 Å². The van der Waals surface area contributed by atoms with E-state index < -0.39 is 7.82 Å². The van der Waals surface area contributed by atoms with Crippen molar-refractivity contribution in [3.63, 3.8) is 0 Å². The van der Waals surface area contributed by atoms with Crippen LogP contribution >= 0.6 is 108 Å². The number of phosphoric acid groups is 1. The van der Waals surface area contributed by atoms with E-state index in [0.717, 1.165) is 0 Å². The second-order valence-electron chi connectivity index (χ2n) is 2.66. The summed E-state index contributed by atoms with van der Waals surface area (Å²) in [5.41, 5.74) is 0. The maximum atomic E-state index is 10.7. The predicted molar refractivity (Wildman–Crippen MR) is 123 cm³/mol. The fraction of sp³-hybridized carbons (Fsp3) is 0.857. The van der Waals surface area contributed by atoms with Crippen molar-refractivity contribution in [1.82, 2.24) is 4.90 Å². The molecule has 0 spiro atoms. The summed E-state index contributed by atoms with van der Waals surface area (Å²) in [6, 6.07) is 0. The Hall–Kier alpha value is 4.40. The number of amides is 1. The Morgan fingerprint density at radius 2 is 1.19 bits per heavy atom. The quantitative estimate of drug-likeness (QED) is 0.275. The van der Waals surface area contributed by atoms with E-state index in [1.54, 1.807) is 14.1 Å². The van der Waals surface area contributed by atoms with Crippen LogP contribution in [0.5, 0.6) is 0 Å². The van der Waals surface area contributed by atoms with Gasteiger partial charge in [-0.3, -0.25) is 18.4 Å². The van der Waals surface area contributed by atoms with Gasteiger partial charge in [0.15, 0.2) is 0 Å². The Labute approximate surface area is 194 Å². The number of phosphoric ester groups is 1. The second-order valence-corrected chi connectivity index (χ2v) is 51.8. The zero-order chi connectivity index (χ0) is 18.1. The van der Waals surface area contributed by atoms with Gasteiger partial charge in [0, 0.05) is 42.3 Å². The van der Waals surface area contributed by atoms with Crippen LogP contribution in [0.1, 0.15) is 6.92 Å². The molecule has 0 unspecified atom stereocenters. The van der Waals surface area contributed by atoms with E-state index in [9.17, 15) is 9.36 Å². The topological polar surface area (TPSA) is 65.1 Å². The van der Waals surface area contributed by atoms with E-state index >= 15 is 0 Å². The van der Waals surface area contributed by atoms with Crippen LogP contribution in [0.3, 0.4) is 0 Å². The molecule has 131 valence electrons. The third-order valence-electron chi connectivity index (χ3n) is 1.30. The Morgan fingerprint density at radius 3 is 1.19 bits per heavy atom. The van der Waals surface area contributed by atoms with E-state index in [-0.39, 0.29) is 10.8 Å². The molecule has 0 aliphatic carbocycles. The molecule has 21 heavy (non-hydrogen) atoms. The van der Waals surface area contributed by atoms with E-state index in [0.29, 0.717) is 9.47 Å². The Morgan fingerprint density at radius 1 is 1.05 bits per heavy atom. The van der Waals surface area contributed by atoms with E-state index in [4.69, 9.17) is 0 Å². The molecule has 0 saturated heterocycles. The van der Waals surface area contributed by atoms with Gasteiger partial charge >= 0.3 is 122 Å². The van der Waals surface area contributed by atoms with Crippen molar-refractivity contribution in [3.8, 4) is 0 Å². The zero-order valence-electron chi connectivity index (χ0n) is 12.2. The first-order valence-corrected chi connectivity index (χ1v) is 28.6. The molecule has 0 heterocycles. The first-order chi connectivity index (χ1) is 9.47. The molecule has 0 aliphatic rings. The second kappa shape index (κ2) is 24.4. The van der Waals surface area contributed by atoms with Crippen LogP contribution in [0.15, 0.2) is 0 Å². The van der Waals surface area contributed by atoms with Crippen molar-refractivity contribution in [2.75, 3.05) is 35.4 Å². The molecule has 0 rings (SSSR count). The van der Waals surface area contributed by atoms with Gasteiger partial charge in [0.1, 0.15) is 0 Å². The van der Waals surface area contributed by atoms with Crippen molar-refractivity contribution in [1.29, 1.82) is 0 Å². The third kappa shape index (κ3) is 40.4. The van der Waals surface area contributed by atoms with Gasteiger partial charge in [-0.05, 0) is 0 Å². The maximum absolute atomic E-state index is 10.7.